The largest absolute Gasteiger partial charge is 0.361 e. The molecule has 4 aromatic heterocycles. The second-order valence-corrected chi connectivity index (χ2v) is 14.3. The summed E-state index contributed by atoms with van der Waals surface area (Å²) < 4.78 is 0. The van der Waals surface area contributed by atoms with Crippen LogP contribution >= 0.6 is 0 Å². The Kier molecular flexibility index (Phi) is 6.37. The first kappa shape index (κ1) is 28.1. The molecule has 4 aromatic rings. The van der Waals surface area contributed by atoms with Gasteiger partial charge in [-0.1, -0.05) is 20.8 Å². The molecule has 40 heavy (non-hydrogen) atoms. The molecule has 0 aliphatic carbocycles. The van der Waals surface area contributed by atoms with Gasteiger partial charge >= 0.3 is 0 Å². The van der Waals surface area contributed by atoms with Crippen molar-refractivity contribution < 1.29 is 4.79 Å². The number of rotatable bonds is 4. The quantitative estimate of drug-likeness (QED) is 0.187. The van der Waals surface area contributed by atoms with Crippen LogP contribution in [0, 0.1) is 5.41 Å². The zero-order valence-electron chi connectivity index (χ0n) is 25.9. The van der Waals surface area contributed by atoms with Crippen LogP contribution in [-0.2, 0) is 26.5 Å². The van der Waals surface area contributed by atoms with Gasteiger partial charge in [0.2, 0.25) is 5.91 Å². The van der Waals surface area contributed by atoms with Crippen molar-refractivity contribution >= 4 is 5.91 Å². The fourth-order valence-corrected chi connectivity index (χ4v) is 5.84. The van der Waals surface area contributed by atoms with Gasteiger partial charge in [-0.2, -0.15) is 0 Å². The van der Waals surface area contributed by atoms with Gasteiger partial charge < -0.3 is 25.3 Å². The minimum Gasteiger partial charge on any atom is -0.361 e. The van der Waals surface area contributed by atoms with Gasteiger partial charge in [-0.15, -0.1) is 0 Å². The summed E-state index contributed by atoms with van der Waals surface area (Å²) in [7, 11) is 0. The normalized spacial score (nSPS) is 18.9. The van der Waals surface area contributed by atoms with E-state index in [4.69, 9.17) is 0 Å². The van der Waals surface area contributed by atoms with Gasteiger partial charge in [0, 0.05) is 73.8 Å². The van der Waals surface area contributed by atoms with Crippen molar-refractivity contribution in [3.63, 3.8) is 0 Å². The van der Waals surface area contributed by atoms with Crippen LogP contribution in [0.2, 0.25) is 0 Å². The number of carbonyl (C=O) groups is 1. The Balaban J connectivity index is 1.69. The number of nitrogens with one attached hydrogen (secondary N) is 5. The van der Waals surface area contributed by atoms with Gasteiger partial charge in [0.25, 0.3) is 0 Å². The average molecular weight is 542 g/mol. The smallest absolute Gasteiger partial charge is 0.225 e. The van der Waals surface area contributed by atoms with Crippen LogP contribution in [0.15, 0.2) is 48.5 Å². The van der Waals surface area contributed by atoms with Crippen LogP contribution in [0.25, 0.3) is 0 Å². The highest BCUT2D eigenvalue weighted by atomic mass is 16.2. The van der Waals surface area contributed by atoms with Crippen molar-refractivity contribution in [2.24, 2.45) is 5.41 Å². The SMILES string of the molecule is CCC(C)(C)C(=O)NCC1(C)c2ccc([nH]2)C(C)(C)c2ccc([nH]2)C(C)(C)c2ccc([nH]2)C(C)(C)c2ccc1[nH]2. The lowest BCUT2D eigenvalue weighted by molar-refractivity contribution is -0.129. The minimum atomic E-state index is -0.497. The van der Waals surface area contributed by atoms with E-state index in [9.17, 15) is 4.79 Å². The summed E-state index contributed by atoms with van der Waals surface area (Å²) in [4.78, 5) is 28.3. The first-order valence-corrected chi connectivity index (χ1v) is 14.6. The van der Waals surface area contributed by atoms with E-state index in [-0.39, 0.29) is 22.2 Å². The monoisotopic (exact) mass is 541 g/mol. The maximum atomic E-state index is 13.2. The maximum absolute atomic E-state index is 13.2. The van der Waals surface area contributed by atoms with Gasteiger partial charge in [-0.3, -0.25) is 4.79 Å². The Morgan fingerprint density at radius 1 is 0.600 bits per heavy atom. The van der Waals surface area contributed by atoms with Gasteiger partial charge in [0.1, 0.15) is 0 Å². The third-order valence-electron chi connectivity index (χ3n) is 10.1. The zero-order valence-corrected chi connectivity index (χ0v) is 25.9. The van der Waals surface area contributed by atoms with E-state index in [0.29, 0.717) is 6.54 Å². The number of carbonyl (C=O) groups excluding carboxylic acids is 1. The highest BCUT2D eigenvalue weighted by molar-refractivity contribution is 5.81. The first-order valence-electron chi connectivity index (χ1n) is 14.6. The highest BCUT2D eigenvalue weighted by Gasteiger charge is 2.39. The zero-order chi connectivity index (χ0) is 29.3. The van der Waals surface area contributed by atoms with Crippen molar-refractivity contribution in [3.8, 4) is 0 Å². The third kappa shape index (κ3) is 4.27. The Morgan fingerprint density at radius 2 is 0.875 bits per heavy atom. The molecule has 6 heteroatoms. The molecular formula is C34H47N5O. The molecule has 6 nitrogen and oxygen atoms in total. The number of hydrogen-bond acceptors (Lipinski definition) is 1. The molecule has 5 N–H and O–H groups in total. The Bertz CT molecular complexity index is 1440. The summed E-state index contributed by atoms with van der Waals surface area (Å²) in [5.41, 5.74) is 7.36. The average Bonchev–Trinajstić information content (AvgIpc) is 3.71. The van der Waals surface area contributed by atoms with E-state index < -0.39 is 10.8 Å². The fourth-order valence-electron chi connectivity index (χ4n) is 5.84. The van der Waals surface area contributed by atoms with E-state index in [1.54, 1.807) is 0 Å². The van der Waals surface area contributed by atoms with E-state index in [1.165, 1.54) is 11.4 Å². The molecule has 5 rings (SSSR count). The molecule has 1 aliphatic rings. The second kappa shape index (κ2) is 9.05. The molecule has 0 radical (unpaired) electrons. The van der Waals surface area contributed by atoms with Gasteiger partial charge in [0.05, 0.1) is 5.41 Å². The molecule has 0 aromatic carbocycles. The lowest BCUT2D eigenvalue weighted by Crippen LogP contribution is -2.45. The summed E-state index contributed by atoms with van der Waals surface area (Å²) in [5.74, 6) is 0.0723. The number of hydrogen-bond donors (Lipinski definition) is 5. The van der Waals surface area contributed by atoms with Crippen molar-refractivity contribution in [2.75, 3.05) is 6.54 Å². The lowest BCUT2D eigenvalue weighted by Gasteiger charge is -2.32. The third-order valence-corrected chi connectivity index (χ3v) is 10.1. The van der Waals surface area contributed by atoms with Crippen LogP contribution in [0.5, 0.6) is 0 Å². The predicted octanol–water partition coefficient (Wildman–Crippen LogP) is 7.15. The molecule has 0 saturated heterocycles. The van der Waals surface area contributed by atoms with Crippen LogP contribution in [0.4, 0.5) is 0 Å². The van der Waals surface area contributed by atoms with E-state index in [2.05, 4.69) is 129 Å². The topological polar surface area (TPSA) is 92.3 Å². The number of H-pyrrole nitrogens is 4. The second-order valence-electron chi connectivity index (χ2n) is 14.3. The summed E-state index contributed by atoms with van der Waals surface area (Å²) >= 11 is 0. The molecular weight excluding hydrogens is 494 g/mol. The Hall–Kier alpha value is -3.41. The van der Waals surface area contributed by atoms with E-state index >= 15 is 0 Å². The first-order chi connectivity index (χ1) is 18.5. The van der Waals surface area contributed by atoms with Crippen molar-refractivity contribution in [2.45, 2.75) is 97.3 Å². The number of aromatic amines is 4. The summed E-state index contributed by atoms with van der Waals surface area (Å²) in [6.07, 6.45) is 0.782. The van der Waals surface area contributed by atoms with Gasteiger partial charge in [-0.05, 0) is 103 Å². The van der Waals surface area contributed by atoms with Crippen molar-refractivity contribution in [1.82, 2.24) is 25.3 Å². The van der Waals surface area contributed by atoms with Gasteiger partial charge in [-0.25, -0.2) is 0 Å². The standard InChI is InChI=1S/C34H47N5O/c1-11-30(2,3)29(40)35-20-34(10)27-18-16-25(38-27)32(6,7)23-14-12-21(36-23)31(4,5)22-13-15-24(37-22)33(8,9)26-17-19-28(34)39-26/h12-19,36-39H,11,20H2,1-10H3,(H,35,40). The molecule has 0 atom stereocenters. The molecule has 0 saturated carbocycles. The minimum absolute atomic E-state index is 0.0723. The van der Waals surface area contributed by atoms with E-state index in [0.717, 1.165) is 40.6 Å². The molecule has 5 heterocycles. The molecule has 0 fully saturated rings. The Labute approximate surface area is 239 Å². The van der Waals surface area contributed by atoms with E-state index in [1.807, 2.05) is 13.8 Å². The van der Waals surface area contributed by atoms with Crippen LogP contribution in [-0.4, -0.2) is 32.4 Å². The molecule has 0 unspecified atom stereocenters. The van der Waals surface area contributed by atoms with Crippen LogP contribution < -0.4 is 5.32 Å². The summed E-state index contributed by atoms with van der Waals surface area (Å²) in [6, 6.07) is 17.6. The van der Waals surface area contributed by atoms with Crippen LogP contribution in [0.3, 0.4) is 0 Å². The number of aromatic nitrogens is 4. The fraction of sp³-hybridized carbons (Fsp3) is 0.500. The molecule has 1 amide bonds. The molecule has 214 valence electrons. The highest BCUT2D eigenvalue weighted by Crippen LogP contribution is 2.40. The summed E-state index contributed by atoms with van der Waals surface area (Å²) in [5, 5.41) is 3.30. The van der Waals surface area contributed by atoms with Crippen LogP contribution in [0.1, 0.15) is 121 Å². The number of amides is 1. The Morgan fingerprint density at radius 3 is 1.18 bits per heavy atom. The van der Waals surface area contributed by atoms with Crippen molar-refractivity contribution in [1.29, 1.82) is 0 Å². The lowest BCUT2D eigenvalue weighted by atomic mass is 9.82. The van der Waals surface area contributed by atoms with Gasteiger partial charge in [0.15, 0.2) is 0 Å². The van der Waals surface area contributed by atoms with Crippen molar-refractivity contribution in [3.05, 3.63) is 94.1 Å². The predicted molar refractivity (Wildman–Crippen MR) is 163 cm³/mol. The molecule has 8 bridgehead atoms. The maximum Gasteiger partial charge on any atom is 0.225 e. The molecule has 0 spiro atoms. The summed E-state index contributed by atoms with van der Waals surface area (Å²) in [6.45, 7) is 22.3. The molecule has 1 aliphatic heterocycles. The number of fused-ring (bicyclic) bond motifs is 8.